The van der Waals surface area contributed by atoms with Crippen molar-refractivity contribution in [2.75, 3.05) is 0 Å². The molecule has 1 fully saturated rings. The van der Waals surface area contributed by atoms with Gasteiger partial charge in [-0.3, -0.25) is 4.79 Å². The topological polar surface area (TPSA) is 98.0 Å². The second-order valence-electron chi connectivity index (χ2n) is 9.72. The van der Waals surface area contributed by atoms with E-state index in [2.05, 4.69) is 20.8 Å². The van der Waals surface area contributed by atoms with Crippen LogP contribution in [0.2, 0.25) is 0 Å². The Hall–Kier alpha value is -1.69. The molecule has 0 bridgehead atoms. The minimum absolute atomic E-state index is 0.136. The Bertz CT molecular complexity index is 849. The van der Waals surface area contributed by atoms with E-state index in [-0.39, 0.29) is 18.3 Å². The molecule has 7 atom stereocenters. The first-order valence-electron chi connectivity index (χ1n) is 10.7. The molecule has 0 radical (unpaired) electrons. The minimum atomic E-state index is -0.787. The molecule has 0 aromatic heterocycles. The van der Waals surface area contributed by atoms with Crippen LogP contribution in [0.25, 0.3) is 0 Å². The molecule has 1 saturated carbocycles. The van der Waals surface area contributed by atoms with Crippen molar-refractivity contribution in [3.8, 4) is 0 Å². The second kappa shape index (κ2) is 6.93. The van der Waals surface area contributed by atoms with Crippen molar-refractivity contribution in [2.24, 2.45) is 22.7 Å². The monoisotopic (exact) mass is 400 g/mol. The molecule has 29 heavy (non-hydrogen) atoms. The maximum atomic E-state index is 11.3. The third kappa shape index (κ3) is 2.97. The minimum Gasteiger partial charge on any atom is -0.481 e. The molecule has 0 saturated heterocycles. The largest absolute Gasteiger partial charge is 0.481 e. The predicted octanol–water partition coefficient (Wildman–Crippen LogP) is 3.13. The Morgan fingerprint density at radius 2 is 1.97 bits per heavy atom. The van der Waals surface area contributed by atoms with Crippen LogP contribution in [0.1, 0.15) is 52.9 Å². The molecule has 0 amide bonds. The lowest BCUT2D eigenvalue weighted by atomic mass is 9.56. The van der Waals surface area contributed by atoms with Crippen molar-refractivity contribution in [3.05, 3.63) is 46.6 Å². The van der Waals surface area contributed by atoms with Crippen molar-refractivity contribution in [2.45, 2.75) is 71.2 Å². The maximum absolute atomic E-state index is 11.3. The Labute approximate surface area is 172 Å². The Morgan fingerprint density at radius 1 is 1.24 bits per heavy atom. The van der Waals surface area contributed by atoms with Gasteiger partial charge in [0.15, 0.2) is 0 Å². The highest BCUT2D eigenvalue weighted by atomic mass is 16.4. The molecule has 5 heteroatoms. The average Bonchev–Trinajstić information content (AvgIpc) is 3.01. The number of carboxylic acid groups (broad SMARTS) is 1. The molecule has 158 valence electrons. The van der Waals surface area contributed by atoms with Gasteiger partial charge < -0.3 is 20.4 Å². The van der Waals surface area contributed by atoms with Crippen LogP contribution in [-0.4, -0.2) is 44.7 Å². The van der Waals surface area contributed by atoms with Crippen molar-refractivity contribution < 1.29 is 25.2 Å². The molecule has 1 unspecified atom stereocenters. The summed E-state index contributed by atoms with van der Waals surface area (Å²) in [5.74, 6) is -0.443. The molecule has 5 nitrogen and oxygen atoms in total. The fraction of sp³-hybridized carbons (Fsp3) is 0.625. The first-order valence-corrected chi connectivity index (χ1v) is 10.7. The summed E-state index contributed by atoms with van der Waals surface area (Å²) in [6.07, 6.45) is 8.57. The van der Waals surface area contributed by atoms with Crippen LogP contribution in [0.5, 0.6) is 0 Å². The fourth-order valence-corrected chi connectivity index (χ4v) is 6.41. The lowest BCUT2D eigenvalue weighted by molar-refractivity contribution is -0.137. The molecule has 4 aliphatic carbocycles. The highest BCUT2D eigenvalue weighted by Crippen LogP contribution is 2.62. The molecule has 0 heterocycles. The van der Waals surface area contributed by atoms with Gasteiger partial charge in [0.05, 0.1) is 18.3 Å². The first-order chi connectivity index (χ1) is 13.6. The number of carbonyl (C=O) groups is 1. The number of hydrogen-bond donors (Lipinski definition) is 4. The van der Waals surface area contributed by atoms with Crippen molar-refractivity contribution in [1.29, 1.82) is 0 Å². The van der Waals surface area contributed by atoms with Crippen LogP contribution in [0.4, 0.5) is 0 Å². The van der Waals surface area contributed by atoms with Gasteiger partial charge in [0.1, 0.15) is 0 Å². The normalized spacial score (nSPS) is 41.9. The van der Waals surface area contributed by atoms with Crippen LogP contribution in [0.15, 0.2) is 46.6 Å². The van der Waals surface area contributed by atoms with E-state index in [0.29, 0.717) is 12.8 Å². The number of aliphatic carboxylic acids is 1. The number of hydrogen-bond acceptors (Lipinski definition) is 4. The summed E-state index contributed by atoms with van der Waals surface area (Å²) in [4.78, 5) is 11.0. The Morgan fingerprint density at radius 3 is 2.66 bits per heavy atom. The summed E-state index contributed by atoms with van der Waals surface area (Å²) in [6.45, 7) is 6.26. The molecule has 4 N–H and O–H groups in total. The van der Waals surface area contributed by atoms with E-state index in [1.807, 2.05) is 24.3 Å². The summed E-state index contributed by atoms with van der Waals surface area (Å²) in [5.41, 5.74) is 3.10. The van der Waals surface area contributed by atoms with Crippen LogP contribution in [0, 0.1) is 22.7 Å². The Balaban J connectivity index is 1.77. The Kier molecular flexibility index (Phi) is 4.92. The summed E-state index contributed by atoms with van der Waals surface area (Å²) in [7, 11) is 0. The smallest absolute Gasteiger partial charge is 0.303 e. The van der Waals surface area contributed by atoms with E-state index in [0.717, 1.165) is 35.1 Å². The lowest BCUT2D eigenvalue weighted by Gasteiger charge is -2.49. The third-order valence-corrected chi connectivity index (χ3v) is 8.14. The van der Waals surface area contributed by atoms with Crippen LogP contribution in [-0.2, 0) is 4.79 Å². The van der Waals surface area contributed by atoms with Gasteiger partial charge in [-0.1, -0.05) is 49.3 Å². The molecule has 0 aromatic rings. The van der Waals surface area contributed by atoms with Gasteiger partial charge in [0.25, 0.3) is 0 Å². The van der Waals surface area contributed by atoms with Gasteiger partial charge in [0, 0.05) is 17.3 Å². The predicted molar refractivity (Wildman–Crippen MR) is 110 cm³/mol. The fourth-order valence-electron chi connectivity index (χ4n) is 6.41. The zero-order valence-electron chi connectivity index (χ0n) is 17.4. The maximum Gasteiger partial charge on any atom is 0.303 e. The summed E-state index contributed by atoms with van der Waals surface area (Å²) >= 11 is 0. The molecule has 4 aliphatic rings. The number of carboxylic acids is 1. The van der Waals surface area contributed by atoms with E-state index in [1.54, 1.807) is 0 Å². The number of rotatable bonds is 4. The van der Waals surface area contributed by atoms with Gasteiger partial charge in [-0.2, -0.15) is 0 Å². The van der Waals surface area contributed by atoms with E-state index >= 15 is 0 Å². The van der Waals surface area contributed by atoms with Crippen LogP contribution >= 0.6 is 0 Å². The van der Waals surface area contributed by atoms with Crippen LogP contribution in [0.3, 0.4) is 0 Å². The van der Waals surface area contributed by atoms with E-state index in [4.69, 9.17) is 5.11 Å². The number of fused-ring (bicyclic) bond motifs is 4. The van der Waals surface area contributed by atoms with Crippen molar-refractivity contribution >= 4 is 5.97 Å². The first kappa shape index (κ1) is 20.6. The van der Waals surface area contributed by atoms with Crippen molar-refractivity contribution in [1.82, 2.24) is 0 Å². The van der Waals surface area contributed by atoms with Gasteiger partial charge in [-0.05, 0) is 55.6 Å². The summed E-state index contributed by atoms with van der Waals surface area (Å²) in [6, 6.07) is 0. The SMILES string of the molecule is C[C@H](CCC(=O)O)C1CCC2=C3C(=C[C@H](O)[C@@]21C)[C@@]1(C)C=C[C@@H](O)CC1=C[C@H]3O. The summed E-state index contributed by atoms with van der Waals surface area (Å²) in [5, 5.41) is 41.5. The van der Waals surface area contributed by atoms with Gasteiger partial charge in [-0.25, -0.2) is 0 Å². The zero-order valence-corrected chi connectivity index (χ0v) is 17.4. The highest BCUT2D eigenvalue weighted by molar-refractivity contribution is 5.66. The van der Waals surface area contributed by atoms with Gasteiger partial charge in [0.2, 0.25) is 0 Å². The van der Waals surface area contributed by atoms with Gasteiger partial charge in [-0.15, -0.1) is 0 Å². The lowest BCUT2D eigenvalue weighted by Crippen LogP contribution is -2.45. The molecule has 4 rings (SSSR count). The third-order valence-electron chi connectivity index (χ3n) is 8.14. The molecular formula is C24H32O5. The standard InChI is InChI=1S/C24H32O5/c1-13(4-7-21(28)29)16-5-6-17-22-18(12-20(27)24(16,17)3)23(2)9-8-15(25)10-14(23)11-19(22)26/h8-9,11-13,15-16,19-20,25-27H,4-7,10H2,1-3H3,(H,28,29)/t13-,15-,16?,19-,20+,23+,24-/m1/s1. The van der Waals surface area contributed by atoms with E-state index in [1.165, 1.54) is 0 Å². The van der Waals surface area contributed by atoms with Crippen LogP contribution < -0.4 is 0 Å². The molecule has 0 spiro atoms. The average molecular weight is 401 g/mol. The van der Waals surface area contributed by atoms with E-state index in [9.17, 15) is 20.1 Å². The van der Waals surface area contributed by atoms with Gasteiger partial charge >= 0.3 is 5.97 Å². The zero-order chi connectivity index (χ0) is 21.1. The molecular weight excluding hydrogens is 368 g/mol. The molecule has 0 aromatic carbocycles. The molecule has 0 aliphatic heterocycles. The quantitative estimate of drug-likeness (QED) is 0.544. The van der Waals surface area contributed by atoms with Crippen molar-refractivity contribution in [3.63, 3.8) is 0 Å². The highest BCUT2D eigenvalue weighted by Gasteiger charge is 2.55. The second-order valence-corrected chi connectivity index (χ2v) is 9.72. The number of allylic oxidation sites excluding steroid dienone is 1. The number of aliphatic hydroxyl groups is 3. The van der Waals surface area contributed by atoms with E-state index < -0.39 is 35.1 Å². The summed E-state index contributed by atoms with van der Waals surface area (Å²) < 4.78 is 0. The number of aliphatic hydroxyl groups excluding tert-OH is 3.